The van der Waals surface area contributed by atoms with Crippen molar-refractivity contribution in [2.24, 2.45) is 0 Å². The number of aryl methyl sites for hydroxylation is 2. The molecular formula is C24H25NO3. The molecule has 0 saturated heterocycles. The van der Waals surface area contributed by atoms with E-state index in [9.17, 15) is 4.79 Å². The van der Waals surface area contributed by atoms with E-state index in [0.717, 1.165) is 22.4 Å². The van der Waals surface area contributed by atoms with E-state index < -0.39 is 0 Å². The van der Waals surface area contributed by atoms with Crippen LogP contribution in [-0.2, 0) is 6.61 Å². The van der Waals surface area contributed by atoms with Crippen molar-refractivity contribution in [2.45, 2.75) is 27.4 Å². The fourth-order valence-corrected chi connectivity index (χ4v) is 2.85. The third-order valence-corrected chi connectivity index (χ3v) is 4.79. The first-order chi connectivity index (χ1) is 13.5. The first kappa shape index (κ1) is 19.5. The molecule has 4 nitrogen and oxygen atoms in total. The Bertz CT molecular complexity index is 978. The zero-order valence-electron chi connectivity index (χ0n) is 16.7. The summed E-state index contributed by atoms with van der Waals surface area (Å²) in [6, 6.07) is 19.2. The highest BCUT2D eigenvalue weighted by atomic mass is 16.5. The zero-order chi connectivity index (χ0) is 20.1. The smallest absolute Gasteiger partial charge is 0.255 e. The van der Waals surface area contributed by atoms with Gasteiger partial charge in [0.2, 0.25) is 0 Å². The molecule has 28 heavy (non-hydrogen) atoms. The van der Waals surface area contributed by atoms with Crippen molar-refractivity contribution in [3.05, 3.63) is 88.5 Å². The topological polar surface area (TPSA) is 47.6 Å². The van der Waals surface area contributed by atoms with E-state index in [0.29, 0.717) is 23.7 Å². The molecule has 0 saturated carbocycles. The van der Waals surface area contributed by atoms with Gasteiger partial charge in [0.25, 0.3) is 5.91 Å². The molecule has 0 unspecified atom stereocenters. The maximum Gasteiger partial charge on any atom is 0.255 e. The summed E-state index contributed by atoms with van der Waals surface area (Å²) in [4.78, 5) is 12.7. The molecule has 4 heteroatoms. The van der Waals surface area contributed by atoms with E-state index in [1.165, 1.54) is 5.56 Å². The van der Waals surface area contributed by atoms with Crippen LogP contribution in [0.2, 0.25) is 0 Å². The largest absolute Gasteiger partial charge is 0.493 e. The molecule has 0 spiro atoms. The minimum absolute atomic E-state index is 0.183. The average Bonchev–Trinajstić information content (AvgIpc) is 2.71. The van der Waals surface area contributed by atoms with Crippen LogP contribution in [-0.4, -0.2) is 13.0 Å². The van der Waals surface area contributed by atoms with Crippen LogP contribution < -0.4 is 14.8 Å². The Hall–Kier alpha value is -3.27. The van der Waals surface area contributed by atoms with E-state index in [-0.39, 0.29) is 5.91 Å². The van der Waals surface area contributed by atoms with Crippen molar-refractivity contribution < 1.29 is 14.3 Å². The maximum atomic E-state index is 12.7. The fraction of sp³-hybridized carbons (Fsp3) is 0.208. The molecule has 3 rings (SSSR count). The molecule has 0 bridgehead atoms. The fourth-order valence-electron chi connectivity index (χ4n) is 2.85. The molecule has 144 valence electrons. The van der Waals surface area contributed by atoms with Gasteiger partial charge in [0.1, 0.15) is 6.61 Å². The lowest BCUT2D eigenvalue weighted by atomic mass is 10.1. The van der Waals surface area contributed by atoms with Crippen molar-refractivity contribution in [3.63, 3.8) is 0 Å². The third-order valence-electron chi connectivity index (χ3n) is 4.79. The summed E-state index contributed by atoms with van der Waals surface area (Å²) >= 11 is 0. The minimum atomic E-state index is -0.183. The summed E-state index contributed by atoms with van der Waals surface area (Å²) in [5, 5.41) is 2.97. The lowest BCUT2D eigenvalue weighted by molar-refractivity contribution is 0.102. The number of benzene rings is 3. The summed E-state index contributed by atoms with van der Waals surface area (Å²) in [6.07, 6.45) is 0. The Balaban J connectivity index is 1.73. The predicted molar refractivity (Wildman–Crippen MR) is 112 cm³/mol. The van der Waals surface area contributed by atoms with E-state index in [1.807, 2.05) is 44.2 Å². The number of rotatable bonds is 6. The summed E-state index contributed by atoms with van der Waals surface area (Å²) in [6.45, 7) is 6.50. The van der Waals surface area contributed by atoms with Crippen molar-refractivity contribution in [1.29, 1.82) is 0 Å². The molecule has 1 N–H and O–H groups in total. The molecule has 3 aromatic rings. The number of methoxy groups -OCH3 is 1. The Morgan fingerprint density at radius 3 is 2.39 bits per heavy atom. The highest BCUT2D eigenvalue weighted by Gasteiger charge is 2.13. The lowest BCUT2D eigenvalue weighted by Gasteiger charge is -2.14. The Morgan fingerprint density at radius 2 is 1.68 bits per heavy atom. The van der Waals surface area contributed by atoms with Crippen molar-refractivity contribution in [1.82, 2.24) is 0 Å². The quantitative estimate of drug-likeness (QED) is 0.623. The second-order valence-corrected chi connectivity index (χ2v) is 6.84. The van der Waals surface area contributed by atoms with Crippen LogP contribution in [0.1, 0.15) is 32.6 Å². The molecule has 0 aliphatic carbocycles. The van der Waals surface area contributed by atoms with Crippen molar-refractivity contribution in [3.8, 4) is 11.5 Å². The monoisotopic (exact) mass is 375 g/mol. The number of anilines is 1. The van der Waals surface area contributed by atoms with Gasteiger partial charge < -0.3 is 14.8 Å². The first-order valence-corrected chi connectivity index (χ1v) is 9.22. The number of nitrogens with one attached hydrogen (secondary N) is 1. The SMILES string of the molecule is COc1cc(C(=O)Nc2cccc(C)c2C)ccc1OCc1ccc(C)cc1. The van der Waals surface area contributed by atoms with Crippen LogP contribution in [0.5, 0.6) is 11.5 Å². The Kier molecular flexibility index (Phi) is 5.99. The molecule has 0 fully saturated rings. The van der Waals surface area contributed by atoms with Gasteiger partial charge in [0.15, 0.2) is 11.5 Å². The predicted octanol–water partition coefficient (Wildman–Crippen LogP) is 5.45. The molecule has 0 radical (unpaired) electrons. The summed E-state index contributed by atoms with van der Waals surface area (Å²) in [7, 11) is 1.57. The molecule has 0 heterocycles. The molecule has 0 aromatic heterocycles. The van der Waals surface area contributed by atoms with Crippen molar-refractivity contribution >= 4 is 11.6 Å². The first-order valence-electron chi connectivity index (χ1n) is 9.22. The summed E-state index contributed by atoms with van der Waals surface area (Å²) in [5.41, 5.74) is 5.80. The van der Waals surface area contributed by atoms with E-state index in [1.54, 1.807) is 25.3 Å². The highest BCUT2D eigenvalue weighted by Crippen LogP contribution is 2.29. The Labute approximate surface area is 166 Å². The number of ether oxygens (including phenoxy) is 2. The molecule has 0 atom stereocenters. The molecule has 1 amide bonds. The summed E-state index contributed by atoms with van der Waals surface area (Å²) < 4.78 is 11.3. The van der Waals surface area contributed by atoms with Crippen LogP contribution in [0.3, 0.4) is 0 Å². The van der Waals surface area contributed by atoms with E-state index >= 15 is 0 Å². The van der Waals surface area contributed by atoms with Gasteiger partial charge in [0, 0.05) is 11.3 Å². The third kappa shape index (κ3) is 4.52. The van der Waals surface area contributed by atoms with E-state index in [2.05, 4.69) is 24.4 Å². The number of hydrogen-bond donors (Lipinski definition) is 1. The normalized spacial score (nSPS) is 10.4. The van der Waals surface area contributed by atoms with Gasteiger partial charge in [-0.3, -0.25) is 4.79 Å². The van der Waals surface area contributed by atoms with E-state index in [4.69, 9.17) is 9.47 Å². The van der Waals surface area contributed by atoms with Gasteiger partial charge in [-0.15, -0.1) is 0 Å². The van der Waals surface area contributed by atoms with Crippen LogP contribution in [0.25, 0.3) is 0 Å². The highest BCUT2D eigenvalue weighted by molar-refractivity contribution is 6.05. The summed E-state index contributed by atoms with van der Waals surface area (Å²) in [5.74, 6) is 0.948. The molecule has 0 aliphatic rings. The average molecular weight is 375 g/mol. The molecular weight excluding hydrogens is 350 g/mol. The number of carbonyl (C=O) groups excluding carboxylic acids is 1. The number of carbonyl (C=O) groups is 1. The van der Waals surface area contributed by atoms with Crippen LogP contribution >= 0.6 is 0 Å². The number of hydrogen-bond acceptors (Lipinski definition) is 3. The minimum Gasteiger partial charge on any atom is -0.493 e. The van der Waals surface area contributed by atoms with Crippen LogP contribution in [0.15, 0.2) is 60.7 Å². The van der Waals surface area contributed by atoms with Crippen LogP contribution in [0, 0.1) is 20.8 Å². The van der Waals surface area contributed by atoms with Gasteiger partial charge in [0.05, 0.1) is 7.11 Å². The second kappa shape index (κ2) is 8.61. The number of amides is 1. The van der Waals surface area contributed by atoms with Crippen molar-refractivity contribution in [2.75, 3.05) is 12.4 Å². The Morgan fingerprint density at radius 1 is 0.929 bits per heavy atom. The molecule has 0 aliphatic heterocycles. The maximum absolute atomic E-state index is 12.7. The standard InChI is InChI=1S/C24H25NO3/c1-16-8-10-19(11-9-16)15-28-22-13-12-20(14-23(22)27-4)24(26)25-21-7-5-6-17(2)18(21)3/h5-14H,15H2,1-4H3,(H,25,26). The lowest BCUT2D eigenvalue weighted by Crippen LogP contribution is -2.13. The van der Waals surface area contributed by atoms with Crippen LogP contribution in [0.4, 0.5) is 5.69 Å². The van der Waals surface area contributed by atoms with Gasteiger partial charge in [-0.05, 0) is 61.7 Å². The van der Waals surface area contributed by atoms with Gasteiger partial charge >= 0.3 is 0 Å². The van der Waals surface area contributed by atoms with Gasteiger partial charge in [-0.2, -0.15) is 0 Å². The molecule has 3 aromatic carbocycles. The van der Waals surface area contributed by atoms with Gasteiger partial charge in [-0.25, -0.2) is 0 Å². The second-order valence-electron chi connectivity index (χ2n) is 6.84. The van der Waals surface area contributed by atoms with Gasteiger partial charge in [-0.1, -0.05) is 42.0 Å². The zero-order valence-corrected chi connectivity index (χ0v) is 16.7.